The minimum Gasteiger partial charge on any atom is -0.370 e. The summed E-state index contributed by atoms with van der Waals surface area (Å²) in [6, 6.07) is 0.600. The molecule has 0 amide bonds. The van der Waals surface area contributed by atoms with Gasteiger partial charge in [0.25, 0.3) is 0 Å². The third kappa shape index (κ3) is 2.83. The molecule has 3 nitrogen and oxygen atoms in total. The van der Waals surface area contributed by atoms with E-state index in [-0.39, 0.29) is 5.60 Å². The van der Waals surface area contributed by atoms with Gasteiger partial charge in [0.2, 0.25) is 0 Å². The Kier molecular flexibility index (Phi) is 3.36. The van der Waals surface area contributed by atoms with Crippen molar-refractivity contribution in [2.45, 2.75) is 64.2 Å². The second kappa shape index (κ2) is 4.46. The fourth-order valence-corrected chi connectivity index (χ4v) is 3.07. The van der Waals surface area contributed by atoms with Crippen molar-refractivity contribution in [1.29, 1.82) is 0 Å². The normalized spacial score (nSPS) is 32.9. The molecule has 0 aromatic heterocycles. The molecular formula is C13H23NO2. The monoisotopic (exact) mass is 225 g/mol. The van der Waals surface area contributed by atoms with Gasteiger partial charge in [0.05, 0.1) is 11.7 Å². The van der Waals surface area contributed by atoms with Gasteiger partial charge in [-0.3, -0.25) is 9.69 Å². The Hall–Kier alpha value is -0.410. The summed E-state index contributed by atoms with van der Waals surface area (Å²) in [7, 11) is 0. The van der Waals surface area contributed by atoms with Crippen LogP contribution in [0.1, 0.15) is 46.5 Å². The van der Waals surface area contributed by atoms with E-state index in [1.165, 1.54) is 0 Å². The van der Waals surface area contributed by atoms with Gasteiger partial charge in [-0.05, 0) is 33.6 Å². The van der Waals surface area contributed by atoms with Crippen LogP contribution >= 0.6 is 0 Å². The molecule has 1 aliphatic carbocycles. The Bertz CT molecular complexity index is 265. The summed E-state index contributed by atoms with van der Waals surface area (Å²) < 4.78 is 5.91. The molecule has 0 aromatic rings. The van der Waals surface area contributed by atoms with Crippen LogP contribution in [-0.4, -0.2) is 41.5 Å². The lowest BCUT2D eigenvalue weighted by atomic mass is 9.91. The van der Waals surface area contributed by atoms with Crippen LogP contribution in [-0.2, 0) is 9.53 Å². The van der Waals surface area contributed by atoms with Gasteiger partial charge in [-0.25, -0.2) is 0 Å². The maximum absolute atomic E-state index is 11.2. The van der Waals surface area contributed by atoms with E-state index in [0.29, 0.717) is 17.9 Å². The van der Waals surface area contributed by atoms with Crippen molar-refractivity contribution in [3.8, 4) is 0 Å². The fraction of sp³-hybridized carbons (Fsp3) is 0.923. The molecule has 2 aliphatic rings. The average Bonchev–Trinajstić information content (AvgIpc) is 2.15. The van der Waals surface area contributed by atoms with Gasteiger partial charge in [-0.1, -0.05) is 0 Å². The highest BCUT2D eigenvalue weighted by Gasteiger charge is 2.35. The second-order valence-electron chi connectivity index (χ2n) is 5.89. The summed E-state index contributed by atoms with van der Waals surface area (Å²) in [5.74, 6) is 0.441. The molecule has 0 spiro atoms. The van der Waals surface area contributed by atoms with Gasteiger partial charge < -0.3 is 4.74 Å². The first-order chi connectivity index (χ1) is 7.46. The summed E-state index contributed by atoms with van der Waals surface area (Å²) in [6.07, 6.45) is 3.94. The molecule has 3 heteroatoms. The Balaban J connectivity index is 1.96. The van der Waals surface area contributed by atoms with Crippen molar-refractivity contribution >= 4 is 5.78 Å². The van der Waals surface area contributed by atoms with Crippen LogP contribution in [0, 0.1) is 0 Å². The summed E-state index contributed by atoms with van der Waals surface area (Å²) in [4.78, 5) is 13.8. The molecule has 1 saturated heterocycles. The average molecular weight is 225 g/mol. The predicted octanol–water partition coefficient (Wildman–Crippen LogP) is 2.00. The number of carbonyl (C=O) groups excluding carboxylic acids is 1. The van der Waals surface area contributed by atoms with Gasteiger partial charge in [-0.15, -0.1) is 0 Å². The maximum Gasteiger partial charge on any atom is 0.133 e. The third-order valence-electron chi connectivity index (χ3n) is 3.62. The number of ether oxygens (including phenoxy) is 1. The second-order valence-corrected chi connectivity index (χ2v) is 5.89. The first kappa shape index (κ1) is 12.1. The summed E-state index contributed by atoms with van der Waals surface area (Å²) >= 11 is 0. The smallest absolute Gasteiger partial charge is 0.133 e. The number of carbonyl (C=O) groups is 1. The maximum atomic E-state index is 11.2. The molecule has 0 aromatic carbocycles. The van der Waals surface area contributed by atoms with Crippen LogP contribution in [0.4, 0.5) is 0 Å². The largest absolute Gasteiger partial charge is 0.370 e. The van der Waals surface area contributed by atoms with Crippen LogP contribution in [0.15, 0.2) is 0 Å². The topological polar surface area (TPSA) is 29.5 Å². The van der Waals surface area contributed by atoms with Crippen molar-refractivity contribution in [2.24, 2.45) is 0 Å². The van der Waals surface area contributed by atoms with Gasteiger partial charge >= 0.3 is 0 Å². The number of hydrogen-bond acceptors (Lipinski definition) is 3. The summed E-state index contributed by atoms with van der Waals surface area (Å²) in [5.41, 5.74) is -0.0425. The minimum absolute atomic E-state index is 0.0425. The van der Waals surface area contributed by atoms with Gasteiger partial charge in [0.1, 0.15) is 5.78 Å². The van der Waals surface area contributed by atoms with E-state index in [2.05, 4.69) is 25.7 Å². The van der Waals surface area contributed by atoms with E-state index < -0.39 is 0 Å². The van der Waals surface area contributed by atoms with E-state index in [1.54, 1.807) is 0 Å². The molecule has 1 saturated carbocycles. The number of morpholine rings is 1. The van der Waals surface area contributed by atoms with Crippen molar-refractivity contribution in [3.63, 3.8) is 0 Å². The quantitative estimate of drug-likeness (QED) is 0.683. The number of rotatable bonds is 1. The summed E-state index contributed by atoms with van der Waals surface area (Å²) in [6.45, 7) is 8.47. The lowest BCUT2D eigenvalue weighted by Gasteiger charge is -2.46. The standard InChI is InChI=1S/C13H23NO2/c1-10-8-14(9-13(2,3)16-10)11-4-6-12(15)7-5-11/h10-11H,4-9H2,1-3H3. The first-order valence-corrected chi connectivity index (χ1v) is 6.40. The molecule has 92 valence electrons. The Morgan fingerprint density at radius 3 is 2.50 bits per heavy atom. The predicted molar refractivity (Wildman–Crippen MR) is 63.5 cm³/mol. The molecular weight excluding hydrogens is 202 g/mol. The van der Waals surface area contributed by atoms with E-state index >= 15 is 0 Å². The molecule has 2 fully saturated rings. The summed E-state index contributed by atoms with van der Waals surface area (Å²) in [5, 5.41) is 0. The minimum atomic E-state index is -0.0425. The zero-order valence-electron chi connectivity index (χ0n) is 10.7. The molecule has 1 heterocycles. The molecule has 1 unspecified atom stereocenters. The van der Waals surface area contributed by atoms with E-state index in [4.69, 9.17) is 4.74 Å². The van der Waals surface area contributed by atoms with Crippen molar-refractivity contribution < 1.29 is 9.53 Å². The Labute approximate surface area is 98.1 Å². The lowest BCUT2D eigenvalue weighted by molar-refractivity contribution is -0.142. The van der Waals surface area contributed by atoms with Crippen LogP contribution in [0.5, 0.6) is 0 Å². The van der Waals surface area contributed by atoms with Crippen molar-refractivity contribution in [1.82, 2.24) is 4.90 Å². The third-order valence-corrected chi connectivity index (χ3v) is 3.62. The first-order valence-electron chi connectivity index (χ1n) is 6.40. The molecule has 0 radical (unpaired) electrons. The van der Waals surface area contributed by atoms with Crippen molar-refractivity contribution in [2.75, 3.05) is 13.1 Å². The van der Waals surface area contributed by atoms with E-state index in [0.717, 1.165) is 38.8 Å². The fourth-order valence-electron chi connectivity index (χ4n) is 3.07. The van der Waals surface area contributed by atoms with E-state index in [9.17, 15) is 4.79 Å². The zero-order valence-corrected chi connectivity index (χ0v) is 10.7. The number of ketones is 1. The van der Waals surface area contributed by atoms with Gasteiger partial charge in [0, 0.05) is 32.0 Å². The van der Waals surface area contributed by atoms with Crippen LogP contribution in [0.3, 0.4) is 0 Å². The van der Waals surface area contributed by atoms with Crippen LogP contribution < -0.4 is 0 Å². The molecule has 0 bridgehead atoms. The van der Waals surface area contributed by atoms with Gasteiger partial charge in [0.15, 0.2) is 0 Å². The van der Waals surface area contributed by atoms with Crippen molar-refractivity contribution in [3.05, 3.63) is 0 Å². The lowest BCUT2D eigenvalue weighted by Crippen LogP contribution is -2.55. The number of Topliss-reactive ketones (excluding diaryl/α,β-unsaturated/α-hetero) is 1. The van der Waals surface area contributed by atoms with Crippen LogP contribution in [0.2, 0.25) is 0 Å². The van der Waals surface area contributed by atoms with Crippen LogP contribution in [0.25, 0.3) is 0 Å². The number of nitrogens with zero attached hydrogens (tertiary/aromatic N) is 1. The molecule has 0 N–H and O–H groups in total. The zero-order chi connectivity index (χ0) is 11.8. The highest BCUT2D eigenvalue weighted by atomic mass is 16.5. The molecule has 1 atom stereocenters. The SMILES string of the molecule is CC1CN(C2CCC(=O)CC2)CC(C)(C)O1. The molecule has 1 aliphatic heterocycles. The molecule has 2 rings (SSSR count). The highest BCUT2D eigenvalue weighted by molar-refractivity contribution is 5.79. The molecule has 16 heavy (non-hydrogen) atoms. The van der Waals surface area contributed by atoms with E-state index in [1.807, 2.05) is 0 Å². The Morgan fingerprint density at radius 1 is 1.31 bits per heavy atom. The van der Waals surface area contributed by atoms with Gasteiger partial charge in [-0.2, -0.15) is 0 Å². The Morgan fingerprint density at radius 2 is 1.94 bits per heavy atom. The number of hydrogen-bond donors (Lipinski definition) is 0. The highest BCUT2D eigenvalue weighted by Crippen LogP contribution is 2.27.